The molecule has 0 aromatic rings. The molecular weight excluding hydrogens is 292 g/mol. The van der Waals surface area contributed by atoms with Crippen LogP contribution in [-0.2, 0) is 24.5 Å². The van der Waals surface area contributed by atoms with E-state index in [0.29, 0.717) is 6.21 Å². The summed E-state index contributed by atoms with van der Waals surface area (Å²) in [4.78, 5) is 11.1. The number of rotatable bonds is 7. The first-order valence-electron chi connectivity index (χ1n) is 5.50. The number of hydrogen-bond acceptors (Lipinski definition) is 6. The maximum Gasteiger partial charge on any atom is 0.262 e. The van der Waals surface area contributed by atoms with Crippen LogP contribution in [-0.4, -0.2) is 51.6 Å². The van der Waals surface area contributed by atoms with Crippen molar-refractivity contribution in [3.63, 3.8) is 0 Å². The Hall–Kier alpha value is -0.960. The van der Waals surface area contributed by atoms with Crippen molar-refractivity contribution in [2.75, 3.05) is 12.5 Å². The van der Waals surface area contributed by atoms with E-state index in [0.717, 1.165) is 12.5 Å². The molecule has 0 aromatic carbocycles. The van der Waals surface area contributed by atoms with Gasteiger partial charge in [0.15, 0.2) is 24.3 Å². The van der Waals surface area contributed by atoms with Gasteiger partial charge in [-0.1, -0.05) is 0 Å². The van der Waals surface area contributed by atoms with E-state index in [1.165, 1.54) is 0 Å². The molecular formula is C10H20N2O5S2. The molecule has 0 atom stereocenters. The van der Waals surface area contributed by atoms with E-state index in [1.807, 2.05) is 0 Å². The van der Waals surface area contributed by atoms with Crippen LogP contribution in [0.15, 0.2) is 0 Å². The Morgan fingerprint density at radius 3 is 1.95 bits per heavy atom. The molecule has 0 aromatic heterocycles. The normalized spacial score (nSPS) is 13.3. The summed E-state index contributed by atoms with van der Waals surface area (Å²) in [6.45, 7) is 3.27. The second kappa shape index (κ2) is 6.00. The zero-order valence-electron chi connectivity index (χ0n) is 11.4. The van der Waals surface area contributed by atoms with Crippen LogP contribution in [0, 0.1) is 5.41 Å². The van der Waals surface area contributed by atoms with E-state index in [-0.39, 0.29) is 12.8 Å². The standard InChI is InChI=1S/C10H20N2O5S2/c1-10(2,12-8(13)7-11)6-5-9(18(3,14)15)19(4,16)17/h7,9,11H,5-6H2,1-4H3,(H,12,13). The smallest absolute Gasteiger partial charge is 0.262 e. The first-order valence-corrected chi connectivity index (χ1v) is 9.41. The molecule has 0 spiro atoms. The zero-order chi connectivity index (χ0) is 15.5. The summed E-state index contributed by atoms with van der Waals surface area (Å²) in [7, 11) is -7.45. The molecule has 0 aliphatic heterocycles. The summed E-state index contributed by atoms with van der Waals surface area (Å²) in [6, 6.07) is 0. The van der Waals surface area contributed by atoms with Gasteiger partial charge < -0.3 is 10.7 Å². The van der Waals surface area contributed by atoms with Gasteiger partial charge >= 0.3 is 0 Å². The Labute approximate surface area is 114 Å². The molecule has 0 heterocycles. The molecule has 112 valence electrons. The third kappa shape index (κ3) is 6.67. The lowest BCUT2D eigenvalue weighted by atomic mass is 9.99. The van der Waals surface area contributed by atoms with Crippen molar-refractivity contribution < 1.29 is 21.6 Å². The largest absolute Gasteiger partial charge is 0.346 e. The van der Waals surface area contributed by atoms with E-state index in [1.54, 1.807) is 13.8 Å². The summed E-state index contributed by atoms with van der Waals surface area (Å²) in [5, 5.41) is 9.27. The van der Waals surface area contributed by atoms with Gasteiger partial charge in [-0.3, -0.25) is 4.79 Å². The van der Waals surface area contributed by atoms with Crippen LogP contribution in [0.25, 0.3) is 0 Å². The summed E-state index contributed by atoms with van der Waals surface area (Å²) < 4.78 is 44.4. The topological polar surface area (TPSA) is 121 Å². The van der Waals surface area contributed by atoms with E-state index in [4.69, 9.17) is 5.41 Å². The van der Waals surface area contributed by atoms with Crippen molar-refractivity contribution in [2.45, 2.75) is 36.8 Å². The van der Waals surface area contributed by atoms with Crippen molar-refractivity contribution in [3.8, 4) is 0 Å². The molecule has 0 bridgehead atoms. The van der Waals surface area contributed by atoms with Crippen molar-refractivity contribution in [3.05, 3.63) is 0 Å². The van der Waals surface area contributed by atoms with Gasteiger partial charge in [0, 0.05) is 18.1 Å². The van der Waals surface area contributed by atoms with Gasteiger partial charge in [-0.05, 0) is 26.7 Å². The predicted octanol–water partition coefficient (Wildman–Crippen LogP) is -0.274. The fourth-order valence-electron chi connectivity index (χ4n) is 1.66. The number of carbonyl (C=O) groups excluding carboxylic acids is 1. The number of carbonyl (C=O) groups is 1. The van der Waals surface area contributed by atoms with Gasteiger partial charge in [0.05, 0.1) is 6.21 Å². The summed E-state index contributed by atoms with van der Waals surface area (Å²) >= 11 is 0. The van der Waals surface area contributed by atoms with Gasteiger partial charge in [0.25, 0.3) is 5.91 Å². The number of sulfone groups is 2. The minimum absolute atomic E-state index is 0.108. The van der Waals surface area contributed by atoms with Crippen LogP contribution in [0.1, 0.15) is 26.7 Å². The Morgan fingerprint density at radius 1 is 1.21 bits per heavy atom. The lowest BCUT2D eigenvalue weighted by molar-refractivity contribution is -0.116. The monoisotopic (exact) mass is 312 g/mol. The average molecular weight is 312 g/mol. The molecule has 0 saturated carbocycles. The average Bonchev–Trinajstić information content (AvgIpc) is 2.11. The molecule has 0 saturated heterocycles. The first-order chi connectivity index (χ1) is 8.29. The molecule has 19 heavy (non-hydrogen) atoms. The van der Waals surface area contributed by atoms with E-state index in [9.17, 15) is 21.6 Å². The van der Waals surface area contributed by atoms with Crippen LogP contribution < -0.4 is 5.32 Å². The molecule has 0 rings (SSSR count). The summed E-state index contributed by atoms with van der Waals surface area (Å²) in [5.74, 6) is -0.611. The van der Waals surface area contributed by atoms with Crippen LogP contribution in [0.2, 0.25) is 0 Å². The third-order valence-corrected chi connectivity index (χ3v) is 7.03. The van der Waals surface area contributed by atoms with E-state index < -0.39 is 35.7 Å². The minimum Gasteiger partial charge on any atom is -0.346 e. The maximum absolute atomic E-state index is 11.5. The number of amides is 1. The van der Waals surface area contributed by atoms with Crippen molar-refractivity contribution in [1.82, 2.24) is 5.32 Å². The third-order valence-electron chi connectivity index (χ3n) is 2.55. The fourth-order valence-corrected chi connectivity index (χ4v) is 5.29. The van der Waals surface area contributed by atoms with Gasteiger partial charge in [0.1, 0.15) is 0 Å². The van der Waals surface area contributed by atoms with E-state index >= 15 is 0 Å². The van der Waals surface area contributed by atoms with Crippen molar-refractivity contribution >= 4 is 31.8 Å². The SMILES string of the molecule is CC(C)(CCC(S(C)(=O)=O)S(C)(=O)=O)NC(=O)C=N. The highest BCUT2D eigenvalue weighted by Gasteiger charge is 2.33. The Bertz CT molecular complexity index is 516. The Morgan fingerprint density at radius 2 is 1.63 bits per heavy atom. The van der Waals surface area contributed by atoms with Gasteiger partial charge in [-0.2, -0.15) is 0 Å². The van der Waals surface area contributed by atoms with Crippen molar-refractivity contribution in [2.24, 2.45) is 0 Å². The molecule has 0 aliphatic rings. The molecule has 0 radical (unpaired) electrons. The van der Waals surface area contributed by atoms with Gasteiger partial charge in [0.2, 0.25) is 0 Å². The minimum atomic E-state index is -3.72. The Kier molecular flexibility index (Phi) is 5.69. The molecule has 9 heteroatoms. The molecule has 2 N–H and O–H groups in total. The van der Waals surface area contributed by atoms with Crippen LogP contribution in [0.3, 0.4) is 0 Å². The zero-order valence-corrected chi connectivity index (χ0v) is 13.1. The lowest BCUT2D eigenvalue weighted by Crippen LogP contribution is -2.45. The highest BCUT2D eigenvalue weighted by Crippen LogP contribution is 2.20. The highest BCUT2D eigenvalue weighted by molar-refractivity contribution is 8.08. The van der Waals surface area contributed by atoms with Crippen LogP contribution in [0.4, 0.5) is 0 Å². The highest BCUT2D eigenvalue weighted by atomic mass is 32.3. The number of nitrogens with one attached hydrogen (secondary N) is 2. The van der Waals surface area contributed by atoms with Crippen LogP contribution in [0.5, 0.6) is 0 Å². The van der Waals surface area contributed by atoms with Gasteiger partial charge in [-0.25, -0.2) is 16.8 Å². The van der Waals surface area contributed by atoms with E-state index in [2.05, 4.69) is 5.32 Å². The molecule has 7 nitrogen and oxygen atoms in total. The van der Waals surface area contributed by atoms with Crippen LogP contribution >= 0.6 is 0 Å². The molecule has 0 fully saturated rings. The molecule has 1 amide bonds. The number of hydrogen-bond donors (Lipinski definition) is 2. The summed E-state index contributed by atoms with van der Waals surface area (Å²) in [6.07, 6.45) is 2.41. The first kappa shape index (κ1) is 18.0. The van der Waals surface area contributed by atoms with Crippen molar-refractivity contribution in [1.29, 1.82) is 5.41 Å². The second-order valence-corrected chi connectivity index (χ2v) is 9.90. The summed E-state index contributed by atoms with van der Waals surface area (Å²) in [5.41, 5.74) is -0.789. The molecule has 0 unspecified atom stereocenters. The van der Waals surface area contributed by atoms with Gasteiger partial charge in [-0.15, -0.1) is 0 Å². The Balaban J connectivity index is 4.94. The fraction of sp³-hybridized carbons (Fsp3) is 0.800. The predicted molar refractivity (Wildman–Crippen MR) is 73.7 cm³/mol. The maximum atomic E-state index is 11.5. The quantitative estimate of drug-likeness (QED) is 0.627. The second-order valence-electron chi connectivity index (χ2n) is 5.14. The lowest BCUT2D eigenvalue weighted by Gasteiger charge is -2.27. The molecule has 0 aliphatic carbocycles.